The van der Waals surface area contributed by atoms with E-state index in [4.69, 9.17) is 32.5 Å². The van der Waals surface area contributed by atoms with E-state index in [0.29, 0.717) is 21.5 Å². The molecule has 0 amide bonds. The fraction of sp³-hybridized carbons (Fsp3) is 0. The third-order valence-electron chi connectivity index (χ3n) is 2.22. The minimum Gasteiger partial charge on any atom is -0.527 e. The minimum absolute atomic E-state index is 0.0305. The van der Waals surface area contributed by atoms with E-state index in [1.165, 1.54) is 0 Å². The first kappa shape index (κ1) is 15.0. The van der Waals surface area contributed by atoms with Gasteiger partial charge in [0.2, 0.25) is 0 Å². The van der Waals surface area contributed by atoms with Gasteiger partial charge in [-0.25, -0.2) is 0 Å². The summed E-state index contributed by atoms with van der Waals surface area (Å²) in [6.07, 6.45) is 0. The molecule has 0 aliphatic carbocycles. The predicted molar refractivity (Wildman–Crippen MR) is 86.7 cm³/mol. The molecule has 98 valence electrons. The Morgan fingerprint density at radius 2 is 1.21 bits per heavy atom. The lowest BCUT2D eigenvalue weighted by molar-refractivity contribution is 0.459. The van der Waals surface area contributed by atoms with Crippen molar-refractivity contribution in [2.24, 2.45) is 0 Å². The summed E-state index contributed by atoms with van der Waals surface area (Å²) >= 11 is 18.7. The second kappa shape index (κ2) is 6.89. The zero-order valence-electron chi connectivity index (χ0n) is 9.50. The fourth-order valence-corrected chi connectivity index (χ4v) is 2.80. The van der Waals surface area contributed by atoms with Crippen LogP contribution in [-0.4, -0.2) is 7.69 Å². The van der Waals surface area contributed by atoms with E-state index >= 15 is 0 Å². The van der Waals surface area contributed by atoms with Crippen molar-refractivity contribution in [3.8, 4) is 11.5 Å². The molecule has 0 aromatic heterocycles. The molecule has 0 spiro atoms. The average Bonchev–Trinajstić information content (AvgIpc) is 2.34. The Bertz CT molecular complexity index is 544. The van der Waals surface area contributed by atoms with Crippen LogP contribution in [0.2, 0.25) is 10.0 Å². The first-order chi connectivity index (χ1) is 9.06. The monoisotopic (exact) mass is 422 g/mol. The highest BCUT2D eigenvalue weighted by molar-refractivity contribution is 9.10. The zero-order valence-corrected chi connectivity index (χ0v) is 14.2. The van der Waals surface area contributed by atoms with E-state index < -0.39 is 0 Å². The average molecular weight is 425 g/mol. The first-order valence-corrected chi connectivity index (χ1v) is 7.56. The van der Waals surface area contributed by atoms with Gasteiger partial charge >= 0.3 is 7.69 Å². The molecule has 2 rings (SSSR count). The molecule has 0 N–H and O–H groups in total. The van der Waals surface area contributed by atoms with Crippen LogP contribution >= 0.6 is 55.1 Å². The molecule has 19 heavy (non-hydrogen) atoms. The zero-order chi connectivity index (χ0) is 13.8. The van der Waals surface area contributed by atoms with Gasteiger partial charge in [0.15, 0.2) is 0 Å². The highest BCUT2D eigenvalue weighted by atomic mass is 79.9. The fourth-order valence-electron chi connectivity index (χ4n) is 1.34. The number of benzene rings is 2. The second-order valence-electron chi connectivity index (χ2n) is 3.56. The smallest absolute Gasteiger partial charge is 0.527 e. The summed E-state index contributed by atoms with van der Waals surface area (Å²) in [6, 6.07) is 10.7. The van der Waals surface area contributed by atoms with Crippen LogP contribution in [0.15, 0.2) is 45.3 Å². The van der Waals surface area contributed by atoms with Crippen LogP contribution in [0.1, 0.15) is 0 Å². The lowest BCUT2D eigenvalue weighted by Crippen LogP contribution is -2.11. The molecular weight excluding hydrogens is 418 g/mol. The maximum atomic E-state index is 6.02. The van der Waals surface area contributed by atoms with Crippen molar-refractivity contribution in [3.63, 3.8) is 0 Å². The van der Waals surface area contributed by atoms with Gasteiger partial charge in [0.1, 0.15) is 11.5 Å². The third kappa shape index (κ3) is 4.31. The van der Waals surface area contributed by atoms with Crippen molar-refractivity contribution in [1.82, 2.24) is 0 Å². The quantitative estimate of drug-likeness (QED) is 0.625. The van der Waals surface area contributed by atoms with Crippen LogP contribution in [0.5, 0.6) is 11.5 Å². The normalized spacial score (nSPS) is 10.1. The molecule has 2 nitrogen and oxygen atoms in total. The summed E-state index contributed by atoms with van der Waals surface area (Å²) in [5, 5.41) is 1.03. The lowest BCUT2D eigenvalue weighted by atomic mass is 10.3. The topological polar surface area (TPSA) is 18.5 Å². The molecule has 0 saturated heterocycles. The molecule has 0 radical (unpaired) electrons. The Morgan fingerprint density at radius 1 is 0.789 bits per heavy atom. The predicted octanol–water partition coefficient (Wildman–Crippen LogP) is 5.24. The summed E-state index contributed by atoms with van der Waals surface area (Å²) in [6.45, 7) is 0. The molecule has 0 saturated carbocycles. The molecule has 7 heteroatoms. The molecule has 2 aromatic rings. The highest BCUT2D eigenvalue weighted by Gasteiger charge is 2.07. The van der Waals surface area contributed by atoms with Crippen molar-refractivity contribution in [1.29, 1.82) is 0 Å². The van der Waals surface area contributed by atoms with Crippen molar-refractivity contribution < 1.29 is 9.31 Å². The SMILES string of the molecule is Clc1cc(Br)ccc1OBOc1ccc(Br)cc1Cl. The largest absolute Gasteiger partial charge is 0.576 e. The summed E-state index contributed by atoms with van der Waals surface area (Å²) in [4.78, 5) is 0. The number of rotatable bonds is 4. The Kier molecular flexibility index (Phi) is 5.45. The van der Waals surface area contributed by atoms with Crippen molar-refractivity contribution >= 4 is 62.7 Å². The van der Waals surface area contributed by atoms with Crippen molar-refractivity contribution in [2.45, 2.75) is 0 Å². The molecule has 2 aromatic carbocycles. The van der Waals surface area contributed by atoms with Crippen LogP contribution in [0.25, 0.3) is 0 Å². The molecule has 0 aliphatic rings. The van der Waals surface area contributed by atoms with Crippen LogP contribution in [0.3, 0.4) is 0 Å². The van der Waals surface area contributed by atoms with Crippen LogP contribution in [0.4, 0.5) is 0 Å². The van der Waals surface area contributed by atoms with E-state index in [9.17, 15) is 0 Å². The molecular formula is C12H7BBr2Cl2O2. The van der Waals surface area contributed by atoms with Crippen molar-refractivity contribution in [3.05, 3.63) is 55.4 Å². The third-order valence-corrected chi connectivity index (χ3v) is 3.79. The second-order valence-corrected chi connectivity index (χ2v) is 6.20. The number of halogens is 4. The lowest BCUT2D eigenvalue weighted by Gasteiger charge is -2.10. The van der Waals surface area contributed by atoms with Crippen LogP contribution in [-0.2, 0) is 0 Å². The van der Waals surface area contributed by atoms with Gasteiger partial charge in [-0.05, 0) is 36.4 Å². The van der Waals surface area contributed by atoms with Crippen LogP contribution < -0.4 is 9.31 Å². The Hall–Kier alpha value is -0.355. The number of hydrogen-bond donors (Lipinski definition) is 0. The Morgan fingerprint density at radius 3 is 1.58 bits per heavy atom. The molecule has 0 aliphatic heterocycles. The van der Waals surface area contributed by atoms with E-state index in [2.05, 4.69) is 31.9 Å². The van der Waals surface area contributed by atoms with Gasteiger partial charge in [-0.2, -0.15) is 0 Å². The van der Waals surface area contributed by atoms with Gasteiger partial charge in [-0.3, -0.25) is 0 Å². The molecule has 0 atom stereocenters. The Balaban J connectivity index is 1.96. The summed E-state index contributed by atoms with van der Waals surface area (Å²) in [5.41, 5.74) is 0. The van der Waals surface area contributed by atoms with E-state index in [1.807, 2.05) is 12.1 Å². The standard InChI is InChI=1S/C12H7BBr2Cl2O2/c14-7-1-3-11(9(16)5-7)18-13-19-12-4-2-8(15)6-10(12)17/h1-6,13H. The van der Waals surface area contributed by atoms with Gasteiger partial charge in [-0.1, -0.05) is 55.1 Å². The minimum atomic E-state index is 0.0305. The van der Waals surface area contributed by atoms with Gasteiger partial charge in [0.05, 0.1) is 10.0 Å². The first-order valence-electron chi connectivity index (χ1n) is 5.22. The van der Waals surface area contributed by atoms with Gasteiger partial charge in [-0.15, -0.1) is 0 Å². The van der Waals surface area contributed by atoms with E-state index in [-0.39, 0.29) is 7.69 Å². The maximum Gasteiger partial charge on any atom is 0.576 e. The maximum absolute atomic E-state index is 6.02. The van der Waals surface area contributed by atoms with Gasteiger partial charge < -0.3 is 9.31 Å². The summed E-state index contributed by atoms with van der Waals surface area (Å²) < 4.78 is 12.7. The molecule has 0 fully saturated rings. The van der Waals surface area contributed by atoms with Gasteiger partial charge in [0.25, 0.3) is 0 Å². The highest BCUT2D eigenvalue weighted by Crippen LogP contribution is 2.29. The summed E-state index contributed by atoms with van der Waals surface area (Å²) in [5.74, 6) is 1.11. The Labute approximate surface area is 138 Å². The van der Waals surface area contributed by atoms with Crippen molar-refractivity contribution in [2.75, 3.05) is 0 Å². The van der Waals surface area contributed by atoms with E-state index in [1.54, 1.807) is 24.3 Å². The van der Waals surface area contributed by atoms with E-state index in [0.717, 1.165) is 8.95 Å². The molecule has 0 heterocycles. The summed E-state index contributed by atoms with van der Waals surface area (Å²) in [7, 11) is 0.0305. The van der Waals surface area contributed by atoms with Crippen LogP contribution in [0, 0.1) is 0 Å². The van der Waals surface area contributed by atoms with Gasteiger partial charge in [0, 0.05) is 8.95 Å². The molecule has 0 bridgehead atoms. The molecule has 0 unspecified atom stereocenters. The number of hydrogen-bond acceptors (Lipinski definition) is 2.